The number of rotatable bonds is 3. The Morgan fingerprint density at radius 2 is 2.00 bits per heavy atom. The van der Waals surface area contributed by atoms with E-state index in [1.165, 1.54) is 25.7 Å². The van der Waals surface area contributed by atoms with Crippen LogP contribution in [0.15, 0.2) is 0 Å². The largest absolute Gasteiger partial charge is 0.306 e. The van der Waals surface area contributed by atoms with Crippen LogP contribution in [0.5, 0.6) is 0 Å². The number of aromatic nitrogens is 4. The number of nitrogens with zero attached hydrogens (tertiary/aromatic N) is 4. The summed E-state index contributed by atoms with van der Waals surface area (Å²) in [5.74, 6) is 1.46. The number of halogens is 1. The summed E-state index contributed by atoms with van der Waals surface area (Å²) in [6.07, 6.45) is 4.99. The van der Waals surface area contributed by atoms with Gasteiger partial charge in [-0.1, -0.05) is 12.8 Å². The van der Waals surface area contributed by atoms with Crippen LogP contribution < -0.4 is 0 Å². The average molecular weight is 281 g/mol. The third kappa shape index (κ3) is 1.80. The van der Waals surface area contributed by atoms with Crippen LogP contribution >= 0.6 is 11.6 Å². The standard InChI is InChI=1S/C14H21ClN4/c1-4-18-13-12(10(2)17-18)16-11(9-15)19(13)14(3)7-5-6-8-14/h4-9H2,1-3H3. The Kier molecular flexibility index (Phi) is 3.08. The van der Waals surface area contributed by atoms with Crippen molar-refractivity contribution in [2.24, 2.45) is 0 Å². The maximum Gasteiger partial charge on any atom is 0.159 e. The first-order valence-corrected chi connectivity index (χ1v) is 7.65. The fraction of sp³-hybridized carbons (Fsp3) is 0.714. The Bertz CT molecular complexity index is 605. The topological polar surface area (TPSA) is 35.6 Å². The van der Waals surface area contributed by atoms with E-state index in [0.29, 0.717) is 5.88 Å². The van der Waals surface area contributed by atoms with Crippen LogP contribution in [-0.2, 0) is 18.0 Å². The summed E-state index contributed by atoms with van der Waals surface area (Å²) >= 11 is 6.14. The second kappa shape index (κ2) is 4.51. The van der Waals surface area contributed by atoms with Crippen molar-refractivity contribution in [2.45, 2.75) is 64.4 Å². The zero-order valence-electron chi connectivity index (χ0n) is 11.9. The van der Waals surface area contributed by atoms with Crippen LogP contribution in [0.2, 0.25) is 0 Å². The zero-order chi connectivity index (χ0) is 13.6. The molecule has 19 heavy (non-hydrogen) atoms. The van der Waals surface area contributed by atoms with Gasteiger partial charge in [0.15, 0.2) is 5.65 Å². The molecule has 1 aliphatic carbocycles. The number of aryl methyl sites for hydroxylation is 2. The van der Waals surface area contributed by atoms with Crippen molar-refractivity contribution in [3.63, 3.8) is 0 Å². The highest BCUT2D eigenvalue weighted by molar-refractivity contribution is 6.16. The average Bonchev–Trinajstić information content (AvgIpc) is 3.05. The van der Waals surface area contributed by atoms with Crippen LogP contribution in [0.4, 0.5) is 0 Å². The van der Waals surface area contributed by atoms with Crippen molar-refractivity contribution >= 4 is 22.8 Å². The van der Waals surface area contributed by atoms with E-state index < -0.39 is 0 Å². The zero-order valence-corrected chi connectivity index (χ0v) is 12.7. The molecule has 1 saturated carbocycles. The first-order chi connectivity index (χ1) is 9.10. The molecule has 5 heteroatoms. The Labute approximate surface area is 118 Å². The van der Waals surface area contributed by atoms with Crippen LogP contribution in [0.25, 0.3) is 11.2 Å². The van der Waals surface area contributed by atoms with E-state index in [4.69, 9.17) is 16.6 Å². The molecule has 0 N–H and O–H groups in total. The fourth-order valence-corrected chi connectivity index (χ4v) is 3.63. The lowest BCUT2D eigenvalue weighted by molar-refractivity contribution is 0.325. The van der Waals surface area contributed by atoms with Gasteiger partial charge in [0.05, 0.1) is 11.6 Å². The van der Waals surface area contributed by atoms with Crippen molar-refractivity contribution < 1.29 is 0 Å². The van der Waals surface area contributed by atoms with Gasteiger partial charge in [0.1, 0.15) is 11.3 Å². The lowest BCUT2D eigenvalue weighted by Gasteiger charge is -2.28. The minimum Gasteiger partial charge on any atom is -0.306 e. The summed E-state index contributed by atoms with van der Waals surface area (Å²) in [4.78, 5) is 4.74. The number of alkyl halides is 1. The van der Waals surface area contributed by atoms with E-state index in [9.17, 15) is 0 Å². The monoisotopic (exact) mass is 280 g/mol. The van der Waals surface area contributed by atoms with Gasteiger partial charge in [-0.05, 0) is 33.6 Å². The molecule has 0 aliphatic heterocycles. The SMILES string of the molecule is CCn1nc(C)c2nc(CCl)n(C3(C)CCCC3)c21. The number of imidazole rings is 1. The molecule has 0 radical (unpaired) electrons. The Balaban J connectivity index is 2.31. The Morgan fingerprint density at radius 1 is 1.32 bits per heavy atom. The van der Waals surface area contributed by atoms with Gasteiger partial charge in [0.2, 0.25) is 0 Å². The van der Waals surface area contributed by atoms with Crippen LogP contribution in [0.3, 0.4) is 0 Å². The molecule has 0 saturated heterocycles. The molecule has 104 valence electrons. The van der Waals surface area contributed by atoms with Crippen LogP contribution in [0.1, 0.15) is 51.0 Å². The molecule has 4 nitrogen and oxygen atoms in total. The second-order valence-corrected chi connectivity index (χ2v) is 6.04. The Hall–Kier alpha value is -1.03. The molecule has 2 aromatic heterocycles. The molecule has 3 rings (SSSR count). The van der Waals surface area contributed by atoms with Gasteiger partial charge in [0, 0.05) is 12.1 Å². The van der Waals surface area contributed by atoms with E-state index in [0.717, 1.165) is 29.2 Å². The van der Waals surface area contributed by atoms with Gasteiger partial charge in [-0.2, -0.15) is 5.10 Å². The first kappa shape index (κ1) is 13.0. The lowest BCUT2D eigenvalue weighted by Crippen LogP contribution is -2.29. The second-order valence-electron chi connectivity index (χ2n) is 5.77. The summed E-state index contributed by atoms with van der Waals surface area (Å²) < 4.78 is 4.43. The smallest absolute Gasteiger partial charge is 0.159 e. The van der Waals surface area contributed by atoms with Crippen molar-refractivity contribution in [1.82, 2.24) is 19.3 Å². The molecule has 0 bridgehead atoms. The van der Waals surface area contributed by atoms with Crippen molar-refractivity contribution in [3.8, 4) is 0 Å². The molecule has 2 aromatic rings. The van der Waals surface area contributed by atoms with Crippen molar-refractivity contribution in [3.05, 3.63) is 11.5 Å². The third-order valence-corrected chi connectivity index (χ3v) is 4.66. The minimum absolute atomic E-state index is 0.151. The van der Waals surface area contributed by atoms with Gasteiger partial charge in [-0.3, -0.25) is 0 Å². The molecular weight excluding hydrogens is 260 g/mol. The first-order valence-electron chi connectivity index (χ1n) is 7.12. The maximum absolute atomic E-state index is 6.14. The molecular formula is C14H21ClN4. The minimum atomic E-state index is 0.151. The van der Waals surface area contributed by atoms with E-state index in [-0.39, 0.29) is 5.54 Å². The highest BCUT2D eigenvalue weighted by Gasteiger charge is 2.35. The summed E-state index contributed by atoms with van der Waals surface area (Å²) in [7, 11) is 0. The summed E-state index contributed by atoms with van der Waals surface area (Å²) in [5, 5.41) is 4.60. The van der Waals surface area contributed by atoms with Gasteiger partial charge >= 0.3 is 0 Å². The van der Waals surface area contributed by atoms with E-state index in [2.05, 4.69) is 28.2 Å². The highest BCUT2D eigenvalue weighted by atomic mass is 35.5. The predicted molar refractivity (Wildman–Crippen MR) is 77.6 cm³/mol. The summed E-state index contributed by atoms with van der Waals surface area (Å²) in [6.45, 7) is 7.36. The Morgan fingerprint density at radius 3 is 2.58 bits per heavy atom. The number of hydrogen-bond acceptors (Lipinski definition) is 2. The normalized spacial score (nSPS) is 18.5. The van der Waals surface area contributed by atoms with Crippen LogP contribution in [0, 0.1) is 6.92 Å². The van der Waals surface area contributed by atoms with Crippen molar-refractivity contribution in [1.29, 1.82) is 0 Å². The molecule has 1 aliphatic rings. The van der Waals surface area contributed by atoms with Gasteiger partial charge in [0.25, 0.3) is 0 Å². The molecule has 2 heterocycles. The quantitative estimate of drug-likeness (QED) is 0.806. The summed E-state index contributed by atoms with van der Waals surface area (Å²) in [6, 6.07) is 0. The number of fused-ring (bicyclic) bond motifs is 1. The third-order valence-electron chi connectivity index (χ3n) is 4.42. The van der Waals surface area contributed by atoms with E-state index in [1.807, 2.05) is 6.92 Å². The summed E-state index contributed by atoms with van der Waals surface area (Å²) in [5.41, 5.74) is 3.33. The molecule has 0 unspecified atom stereocenters. The van der Waals surface area contributed by atoms with E-state index >= 15 is 0 Å². The highest BCUT2D eigenvalue weighted by Crippen LogP contribution is 2.40. The lowest BCUT2D eigenvalue weighted by atomic mass is 10.00. The molecule has 0 spiro atoms. The van der Waals surface area contributed by atoms with Crippen LogP contribution in [-0.4, -0.2) is 19.3 Å². The maximum atomic E-state index is 6.14. The predicted octanol–water partition coefficient (Wildman–Crippen LogP) is 3.59. The molecule has 0 aromatic carbocycles. The molecule has 0 amide bonds. The molecule has 1 fully saturated rings. The van der Waals surface area contributed by atoms with Crippen molar-refractivity contribution in [2.75, 3.05) is 0 Å². The van der Waals surface area contributed by atoms with Gasteiger partial charge < -0.3 is 4.57 Å². The molecule has 0 atom stereocenters. The van der Waals surface area contributed by atoms with Gasteiger partial charge in [-0.25, -0.2) is 9.67 Å². The van der Waals surface area contributed by atoms with Gasteiger partial charge in [-0.15, -0.1) is 11.6 Å². The number of hydrogen-bond donors (Lipinski definition) is 0. The van der Waals surface area contributed by atoms with E-state index in [1.54, 1.807) is 0 Å². The fourth-order valence-electron chi connectivity index (χ4n) is 3.45.